The van der Waals surface area contributed by atoms with Gasteiger partial charge in [-0.15, -0.1) is 11.3 Å². The largest absolute Gasteiger partial charge is 0.336 e. The number of H-pyrrole nitrogens is 1. The molecule has 0 aliphatic carbocycles. The number of likely N-dealkylation sites (tertiary alicyclic amines) is 1. The van der Waals surface area contributed by atoms with Crippen molar-refractivity contribution in [2.45, 2.75) is 12.8 Å². The highest BCUT2D eigenvalue weighted by Crippen LogP contribution is 2.29. The number of nitrogens with one attached hydrogen (secondary N) is 1. The fourth-order valence-electron chi connectivity index (χ4n) is 2.77. The number of pyridine rings is 1. The maximum Gasteiger partial charge on any atom is 0.274 e. The van der Waals surface area contributed by atoms with Gasteiger partial charge in [-0.2, -0.15) is 5.10 Å². The third kappa shape index (κ3) is 2.66. The highest BCUT2D eigenvalue weighted by atomic mass is 32.1. The fraction of sp³-hybridized carbons (Fsp3) is 0.235. The maximum atomic E-state index is 12.5. The van der Waals surface area contributed by atoms with Gasteiger partial charge in [0.2, 0.25) is 0 Å². The van der Waals surface area contributed by atoms with Crippen LogP contribution in [0.25, 0.3) is 10.6 Å². The molecule has 1 aliphatic heterocycles. The average Bonchev–Trinajstić information content (AvgIpc) is 3.15. The van der Waals surface area contributed by atoms with Crippen LogP contribution < -0.4 is 0 Å². The van der Waals surface area contributed by atoms with Crippen LogP contribution in [0, 0.1) is 6.92 Å². The van der Waals surface area contributed by atoms with Gasteiger partial charge < -0.3 is 4.90 Å². The summed E-state index contributed by atoms with van der Waals surface area (Å²) < 4.78 is 0. The normalized spacial score (nSPS) is 14.7. The third-order valence-electron chi connectivity index (χ3n) is 4.13. The zero-order valence-electron chi connectivity index (χ0n) is 12.7. The molecule has 116 valence electrons. The Labute approximate surface area is 138 Å². The van der Waals surface area contributed by atoms with Gasteiger partial charge >= 0.3 is 0 Å². The number of carbonyl (C=O) groups is 1. The van der Waals surface area contributed by atoms with Crippen molar-refractivity contribution in [1.29, 1.82) is 0 Å². The fourth-order valence-corrected chi connectivity index (χ4v) is 3.61. The lowest BCUT2D eigenvalue weighted by molar-refractivity contribution is 0.0596. The molecule has 0 atom stereocenters. The summed E-state index contributed by atoms with van der Waals surface area (Å²) in [5.41, 5.74) is 2.57. The van der Waals surface area contributed by atoms with Crippen LogP contribution in [-0.4, -0.2) is 39.1 Å². The molecule has 1 fully saturated rings. The summed E-state index contributed by atoms with van der Waals surface area (Å²) in [7, 11) is 0. The van der Waals surface area contributed by atoms with E-state index in [1.807, 2.05) is 29.3 Å². The summed E-state index contributed by atoms with van der Waals surface area (Å²) in [4.78, 5) is 20.8. The molecular formula is C17H16N4OS. The molecule has 0 unspecified atom stereocenters. The van der Waals surface area contributed by atoms with Gasteiger partial charge in [-0.1, -0.05) is 6.07 Å². The van der Waals surface area contributed by atoms with Crippen molar-refractivity contribution in [2.75, 3.05) is 13.1 Å². The summed E-state index contributed by atoms with van der Waals surface area (Å²) in [6, 6.07) is 9.94. The van der Waals surface area contributed by atoms with Gasteiger partial charge in [0, 0.05) is 36.3 Å². The van der Waals surface area contributed by atoms with Gasteiger partial charge in [-0.05, 0) is 36.8 Å². The Kier molecular flexibility index (Phi) is 3.46. The first-order valence-corrected chi connectivity index (χ1v) is 8.34. The second kappa shape index (κ2) is 5.62. The molecule has 5 nitrogen and oxygen atoms in total. The topological polar surface area (TPSA) is 61.9 Å². The molecule has 0 spiro atoms. The van der Waals surface area contributed by atoms with Gasteiger partial charge in [0.1, 0.15) is 0 Å². The first kappa shape index (κ1) is 14.1. The summed E-state index contributed by atoms with van der Waals surface area (Å²) in [5, 5.41) is 7.15. The van der Waals surface area contributed by atoms with E-state index in [1.54, 1.807) is 17.5 Å². The lowest BCUT2D eigenvalue weighted by Gasteiger charge is -2.38. The van der Waals surface area contributed by atoms with Crippen molar-refractivity contribution >= 4 is 17.2 Å². The van der Waals surface area contributed by atoms with Gasteiger partial charge in [0.05, 0.1) is 10.6 Å². The highest BCUT2D eigenvalue weighted by molar-refractivity contribution is 7.15. The van der Waals surface area contributed by atoms with Crippen molar-refractivity contribution in [3.63, 3.8) is 0 Å². The number of aromatic nitrogens is 3. The zero-order valence-corrected chi connectivity index (χ0v) is 13.5. The molecule has 0 saturated carbocycles. The zero-order chi connectivity index (χ0) is 15.8. The van der Waals surface area contributed by atoms with E-state index in [-0.39, 0.29) is 5.91 Å². The van der Waals surface area contributed by atoms with Crippen LogP contribution in [0.2, 0.25) is 0 Å². The van der Waals surface area contributed by atoms with E-state index in [2.05, 4.69) is 34.2 Å². The molecule has 1 saturated heterocycles. The van der Waals surface area contributed by atoms with E-state index in [0.717, 1.165) is 23.7 Å². The third-order valence-corrected chi connectivity index (χ3v) is 5.16. The number of hydrogen-bond donors (Lipinski definition) is 1. The molecule has 4 heterocycles. The van der Waals surface area contributed by atoms with Crippen LogP contribution in [0.4, 0.5) is 0 Å². The lowest BCUT2D eigenvalue weighted by Crippen LogP contribution is -2.48. The van der Waals surface area contributed by atoms with Gasteiger partial charge in [-0.25, -0.2) is 0 Å². The second-order valence-electron chi connectivity index (χ2n) is 5.77. The minimum Gasteiger partial charge on any atom is -0.336 e. The van der Waals surface area contributed by atoms with Crippen molar-refractivity contribution < 1.29 is 4.79 Å². The Morgan fingerprint density at radius 2 is 2.22 bits per heavy atom. The van der Waals surface area contributed by atoms with Crippen molar-refractivity contribution in [2.24, 2.45) is 0 Å². The molecule has 0 aromatic carbocycles. The van der Waals surface area contributed by atoms with Gasteiger partial charge in [-0.3, -0.25) is 14.9 Å². The highest BCUT2D eigenvalue weighted by Gasteiger charge is 2.33. The maximum absolute atomic E-state index is 12.5. The Morgan fingerprint density at radius 1 is 1.35 bits per heavy atom. The molecule has 23 heavy (non-hydrogen) atoms. The SMILES string of the molecule is Cc1ccc(-c2cc(C(=O)N3CC(c4cccnc4)C3)n[nH]2)s1. The summed E-state index contributed by atoms with van der Waals surface area (Å²) in [6.45, 7) is 3.52. The molecule has 4 rings (SSSR count). The standard InChI is InChI=1S/C17H16N4OS/c1-11-4-5-16(23-11)14-7-15(20-19-14)17(22)21-9-13(10-21)12-3-2-6-18-8-12/h2-8,13H,9-10H2,1H3,(H,19,20). The lowest BCUT2D eigenvalue weighted by atomic mass is 9.92. The van der Waals surface area contributed by atoms with Crippen molar-refractivity contribution in [3.8, 4) is 10.6 Å². The van der Waals surface area contributed by atoms with Crippen LogP contribution in [0.5, 0.6) is 0 Å². The Bertz CT molecular complexity index is 833. The Hall–Kier alpha value is -2.47. The number of hydrogen-bond acceptors (Lipinski definition) is 4. The summed E-state index contributed by atoms with van der Waals surface area (Å²) >= 11 is 1.69. The van der Waals surface area contributed by atoms with E-state index >= 15 is 0 Å². The van der Waals surface area contributed by atoms with E-state index in [1.165, 1.54) is 10.4 Å². The number of nitrogens with zero attached hydrogens (tertiary/aromatic N) is 3. The minimum atomic E-state index is -0.0130. The van der Waals surface area contributed by atoms with Crippen LogP contribution in [0.1, 0.15) is 26.8 Å². The Morgan fingerprint density at radius 3 is 2.91 bits per heavy atom. The number of aromatic amines is 1. The van der Waals surface area contributed by atoms with Crippen LogP contribution >= 0.6 is 11.3 Å². The van der Waals surface area contributed by atoms with Crippen LogP contribution in [0.3, 0.4) is 0 Å². The number of amides is 1. The molecule has 0 bridgehead atoms. The van der Waals surface area contributed by atoms with E-state index in [0.29, 0.717) is 11.6 Å². The second-order valence-corrected chi connectivity index (χ2v) is 7.06. The average molecular weight is 324 g/mol. The van der Waals surface area contributed by atoms with Gasteiger partial charge in [0.15, 0.2) is 5.69 Å². The molecule has 6 heteroatoms. The van der Waals surface area contributed by atoms with Crippen LogP contribution in [-0.2, 0) is 0 Å². The van der Waals surface area contributed by atoms with E-state index < -0.39 is 0 Å². The monoisotopic (exact) mass is 324 g/mol. The smallest absolute Gasteiger partial charge is 0.274 e. The quantitative estimate of drug-likeness (QED) is 0.805. The van der Waals surface area contributed by atoms with Gasteiger partial charge in [0.25, 0.3) is 5.91 Å². The molecule has 1 N–H and O–H groups in total. The Balaban J connectivity index is 1.44. The first-order valence-electron chi connectivity index (χ1n) is 7.52. The first-order chi connectivity index (χ1) is 11.2. The molecule has 0 radical (unpaired) electrons. The number of rotatable bonds is 3. The summed E-state index contributed by atoms with van der Waals surface area (Å²) in [5.74, 6) is 0.368. The van der Waals surface area contributed by atoms with E-state index in [4.69, 9.17) is 0 Å². The molecule has 1 aliphatic rings. The molecule has 3 aromatic heterocycles. The number of carbonyl (C=O) groups excluding carboxylic acids is 1. The molecule has 1 amide bonds. The summed E-state index contributed by atoms with van der Waals surface area (Å²) in [6.07, 6.45) is 3.64. The molecular weight excluding hydrogens is 308 g/mol. The van der Waals surface area contributed by atoms with Crippen LogP contribution in [0.15, 0.2) is 42.7 Å². The predicted octanol–water partition coefficient (Wildman–Crippen LogP) is 3.08. The number of aryl methyl sites for hydroxylation is 1. The minimum absolute atomic E-state index is 0.0130. The van der Waals surface area contributed by atoms with E-state index in [9.17, 15) is 4.79 Å². The van der Waals surface area contributed by atoms with Crippen molar-refractivity contribution in [1.82, 2.24) is 20.1 Å². The number of thiophene rings is 1. The molecule has 3 aromatic rings. The van der Waals surface area contributed by atoms with Crippen molar-refractivity contribution in [3.05, 3.63) is 58.9 Å². The predicted molar refractivity (Wildman–Crippen MR) is 89.5 cm³/mol.